The zero-order valence-corrected chi connectivity index (χ0v) is 12.5. The number of halogens is 1. The Morgan fingerprint density at radius 1 is 1.42 bits per heavy atom. The van der Waals surface area contributed by atoms with Crippen LogP contribution >= 0.6 is 15.9 Å². The highest BCUT2D eigenvalue weighted by atomic mass is 79.9. The lowest BCUT2D eigenvalue weighted by Crippen LogP contribution is -2.35. The van der Waals surface area contributed by atoms with E-state index in [0.29, 0.717) is 19.0 Å². The molecular formula is C12H16BrN5O. The van der Waals surface area contributed by atoms with Crippen molar-refractivity contribution in [2.45, 2.75) is 13.8 Å². The van der Waals surface area contributed by atoms with Crippen LogP contribution in [0.5, 0.6) is 0 Å². The summed E-state index contributed by atoms with van der Waals surface area (Å²) >= 11 is 3.37. The number of carbonyl (C=O) groups excluding carboxylic acids is 1. The zero-order valence-electron chi connectivity index (χ0n) is 10.9. The van der Waals surface area contributed by atoms with Crippen LogP contribution in [0.4, 0.5) is 5.95 Å². The van der Waals surface area contributed by atoms with E-state index in [9.17, 15) is 4.79 Å². The van der Waals surface area contributed by atoms with Crippen LogP contribution in [0.1, 0.15) is 13.8 Å². The Balaban J connectivity index is 2.03. The molecule has 7 heteroatoms. The molecule has 0 aliphatic heterocycles. The second-order valence-corrected chi connectivity index (χ2v) is 4.92. The molecule has 6 nitrogen and oxygen atoms in total. The van der Waals surface area contributed by atoms with E-state index in [-0.39, 0.29) is 12.5 Å². The van der Waals surface area contributed by atoms with Gasteiger partial charge in [-0.1, -0.05) is 0 Å². The molecule has 1 N–H and O–H groups in total. The first-order chi connectivity index (χ1) is 9.13. The first-order valence-electron chi connectivity index (χ1n) is 6.17. The van der Waals surface area contributed by atoms with E-state index in [1.165, 1.54) is 0 Å². The number of anilines is 1. The molecule has 2 aromatic heterocycles. The van der Waals surface area contributed by atoms with Crippen molar-refractivity contribution in [1.82, 2.24) is 19.5 Å². The second-order valence-electron chi connectivity index (χ2n) is 4.01. The van der Waals surface area contributed by atoms with Crippen LogP contribution in [0.3, 0.4) is 0 Å². The largest absolute Gasteiger partial charge is 0.344 e. The van der Waals surface area contributed by atoms with Crippen molar-refractivity contribution in [3.05, 3.63) is 22.8 Å². The van der Waals surface area contributed by atoms with Gasteiger partial charge < -0.3 is 10.2 Å². The first kappa shape index (κ1) is 13.8. The van der Waals surface area contributed by atoms with Crippen LogP contribution in [0.2, 0.25) is 0 Å². The van der Waals surface area contributed by atoms with Gasteiger partial charge in [0.2, 0.25) is 11.9 Å². The quantitative estimate of drug-likeness (QED) is 0.910. The fraction of sp³-hybridized carbons (Fsp3) is 0.417. The molecular weight excluding hydrogens is 310 g/mol. The monoisotopic (exact) mass is 325 g/mol. The van der Waals surface area contributed by atoms with Crippen molar-refractivity contribution in [3.63, 3.8) is 0 Å². The molecule has 0 bridgehead atoms. The summed E-state index contributed by atoms with van der Waals surface area (Å²) in [6.45, 7) is 5.55. The number of rotatable bonds is 5. The smallest absolute Gasteiger partial charge is 0.243 e. The average Bonchev–Trinajstić information content (AvgIpc) is 2.79. The van der Waals surface area contributed by atoms with Crippen LogP contribution < -0.4 is 5.32 Å². The molecule has 2 rings (SSSR count). The summed E-state index contributed by atoms with van der Waals surface area (Å²) in [5.74, 6) is 0.503. The summed E-state index contributed by atoms with van der Waals surface area (Å²) in [6.07, 6.45) is 1.82. The lowest BCUT2D eigenvalue weighted by Gasteiger charge is -2.18. The van der Waals surface area contributed by atoms with Crippen LogP contribution in [-0.2, 0) is 4.79 Å². The minimum Gasteiger partial charge on any atom is -0.344 e. The fourth-order valence-electron chi connectivity index (χ4n) is 1.78. The highest BCUT2D eigenvalue weighted by molar-refractivity contribution is 9.10. The molecule has 2 heterocycles. The van der Waals surface area contributed by atoms with Crippen molar-refractivity contribution < 1.29 is 4.79 Å². The topological polar surface area (TPSA) is 62.5 Å². The molecule has 0 atom stereocenters. The predicted octanol–water partition coefficient (Wildman–Crippen LogP) is 1.77. The number of pyridine rings is 1. The van der Waals surface area contributed by atoms with Crippen molar-refractivity contribution in [1.29, 1.82) is 0 Å². The van der Waals surface area contributed by atoms with Gasteiger partial charge in [0.1, 0.15) is 0 Å². The molecule has 2 aromatic rings. The molecule has 0 saturated heterocycles. The maximum atomic E-state index is 11.8. The van der Waals surface area contributed by atoms with E-state index in [1.807, 2.05) is 32.2 Å². The third-order valence-electron chi connectivity index (χ3n) is 2.81. The SMILES string of the molecule is CCN(CC)C(=O)CNc1nc2ccc(Br)cn2n1. The molecule has 0 saturated carbocycles. The zero-order chi connectivity index (χ0) is 13.8. The summed E-state index contributed by atoms with van der Waals surface area (Å²) in [5.41, 5.74) is 0.737. The van der Waals surface area contributed by atoms with Gasteiger partial charge in [-0.2, -0.15) is 4.98 Å². The van der Waals surface area contributed by atoms with Crippen molar-refractivity contribution in [3.8, 4) is 0 Å². The van der Waals surface area contributed by atoms with Crippen molar-refractivity contribution >= 4 is 33.4 Å². The molecule has 0 spiro atoms. The molecule has 102 valence electrons. The Kier molecular flexibility index (Phi) is 4.36. The summed E-state index contributed by atoms with van der Waals surface area (Å²) in [7, 11) is 0. The standard InChI is InChI=1S/C12H16BrN5O/c1-3-17(4-2)11(19)7-14-12-15-10-6-5-9(13)8-18(10)16-12/h5-6,8H,3-4,7H2,1-2H3,(H,14,16). The summed E-state index contributed by atoms with van der Waals surface area (Å²) in [4.78, 5) is 17.9. The Labute approximate surface area is 119 Å². The summed E-state index contributed by atoms with van der Waals surface area (Å²) < 4.78 is 2.59. The number of nitrogens with zero attached hydrogens (tertiary/aromatic N) is 4. The minimum atomic E-state index is 0.0463. The third kappa shape index (κ3) is 3.23. The van der Waals surface area contributed by atoms with Gasteiger partial charge in [-0.15, -0.1) is 5.10 Å². The summed E-state index contributed by atoms with van der Waals surface area (Å²) in [5, 5.41) is 7.20. The Morgan fingerprint density at radius 2 is 2.16 bits per heavy atom. The number of hydrogen-bond acceptors (Lipinski definition) is 4. The van der Waals surface area contributed by atoms with E-state index in [2.05, 4.69) is 31.3 Å². The van der Waals surface area contributed by atoms with E-state index in [4.69, 9.17) is 0 Å². The number of hydrogen-bond donors (Lipinski definition) is 1. The highest BCUT2D eigenvalue weighted by Crippen LogP contribution is 2.11. The van der Waals surface area contributed by atoms with Gasteiger partial charge in [-0.05, 0) is 41.9 Å². The van der Waals surface area contributed by atoms with Gasteiger partial charge in [-0.25, -0.2) is 4.52 Å². The van der Waals surface area contributed by atoms with Crippen LogP contribution in [-0.4, -0.2) is 45.0 Å². The van der Waals surface area contributed by atoms with Gasteiger partial charge in [0.15, 0.2) is 5.65 Å². The van der Waals surface area contributed by atoms with Crippen LogP contribution in [0.25, 0.3) is 5.65 Å². The van der Waals surface area contributed by atoms with Gasteiger partial charge in [0.05, 0.1) is 6.54 Å². The molecule has 0 aliphatic carbocycles. The van der Waals surface area contributed by atoms with Crippen LogP contribution in [0.15, 0.2) is 22.8 Å². The van der Waals surface area contributed by atoms with E-state index in [0.717, 1.165) is 10.1 Å². The first-order valence-corrected chi connectivity index (χ1v) is 6.97. The number of carbonyl (C=O) groups is 1. The van der Waals surface area contributed by atoms with Gasteiger partial charge in [0, 0.05) is 23.8 Å². The number of aromatic nitrogens is 3. The number of nitrogens with one attached hydrogen (secondary N) is 1. The molecule has 0 radical (unpaired) electrons. The lowest BCUT2D eigenvalue weighted by molar-refractivity contribution is -0.128. The second kappa shape index (κ2) is 6.01. The molecule has 19 heavy (non-hydrogen) atoms. The Hall–Kier alpha value is -1.63. The molecule has 0 aromatic carbocycles. The number of amides is 1. The normalized spacial score (nSPS) is 10.7. The maximum absolute atomic E-state index is 11.8. The van der Waals surface area contributed by atoms with Crippen LogP contribution in [0, 0.1) is 0 Å². The van der Waals surface area contributed by atoms with Crippen molar-refractivity contribution in [2.75, 3.05) is 25.0 Å². The molecule has 0 aliphatic rings. The van der Waals surface area contributed by atoms with Gasteiger partial charge in [0.25, 0.3) is 0 Å². The van der Waals surface area contributed by atoms with Gasteiger partial charge in [-0.3, -0.25) is 4.79 Å². The Morgan fingerprint density at radius 3 is 2.84 bits per heavy atom. The van der Waals surface area contributed by atoms with Crippen molar-refractivity contribution in [2.24, 2.45) is 0 Å². The Bertz CT molecular complexity index is 579. The number of fused-ring (bicyclic) bond motifs is 1. The third-order valence-corrected chi connectivity index (χ3v) is 3.28. The van der Waals surface area contributed by atoms with E-state index < -0.39 is 0 Å². The van der Waals surface area contributed by atoms with E-state index in [1.54, 1.807) is 9.42 Å². The minimum absolute atomic E-state index is 0.0463. The highest BCUT2D eigenvalue weighted by Gasteiger charge is 2.10. The molecule has 1 amide bonds. The van der Waals surface area contributed by atoms with Gasteiger partial charge >= 0.3 is 0 Å². The van der Waals surface area contributed by atoms with E-state index >= 15 is 0 Å². The predicted molar refractivity (Wildman–Crippen MR) is 77.1 cm³/mol. The molecule has 0 fully saturated rings. The number of likely N-dealkylation sites (N-methyl/N-ethyl adjacent to an activating group) is 1. The lowest BCUT2D eigenvalue weighted by atomic mass is 10.4. The molecule has 0 unspecified atom stereocenters. The average molecular weight is 326 g/mol. The fourth-order valence-corrected chi connectivity index (χ4v) is 2.10. The maximum Gasteiger partial charge on any atom is 0.243 e. The summed E-state index contributed by atoms with van der Waals surface area (Å²) in [6, 6.07) is 3.75.